The van der Waals surface area contributed by atoms with Gasteiger partial charge in [0.15, 0.2) is 0 Å². The lowest BCUT2D eigenvalue weighted by atomic mass is 9.96. The molecule has 0 aromatic carbocycles. The van der Waals surface area contributed by atoms with Gasteiger partial charge in [0.2, 0.25) is 0 Å². The van der Waals surface area contributed by atoms with E-state index in [9.17, 15) is 0 Å². The van der Waals surface area contributed by atoms with Crippen molar-refractivity contribution in [3.05, 3.63) is 16.3 Å². The summed E-state index contributed by atoms with van der Waals surface area (Å²) in [4.78, 5) is 17.7. The van der Waals surface area contributed by atoms with Crippen LogP contribution in [0.3, 0.4) is 0 Å². The molecule has 2 aliphatic heterocycles. The van der Waals surface area contributed by atoms with Crippen LogP contribution < -0.4 is 4.90 Å². The minimum absolute atomic E-state index is 0.0794. The third kappa shape index (κ3) is 4.34. The van der Waals surface area contributed by atoms with Gasteiger partial charge in [0, 0.05) is 31.1 Å². The molecule has 2 aromatic heterocycles. The molecule has 30 heavy (non-hydrogen) atoms. The summed E-state index contributed by atoms with van der Waals surface area (Å²) in [7, 11) is 0. The van der Waals surface area contributed by atoms with Gasteiger partial charge in [-0.2, -0.15) is 0 Å². The average Bonchev–Trinajstić information content (AvgIpc) is 3.16. The molecule has 1 unspecified atom stereocenters. The number of rotatable bonds is 6. The summed E-state index contributed by atoms with van der Waals surface area (Å²) in [5.74, 6) is 2.04. The van der Waals surface area contributed by atoms with Gasteiger partial charge < -0.3 is 19.5 Å². The van der Waals surface area contributed by atoms with Crippen molar-refractivity contribution < 1.29 is 14.6 Å². The molecule has 8 heteroatoms. The summed E-state index contributed by atoms with van der Waals surface area (Å²) in [5.41, 5.74) is 1.49. The van der Waals surface area contributed by atoms with E-state index in [-0.39, 0.29) is 12.7 Å². The molecule has 0 saturated carbocycles. The number of aromatic nitrogens is 2. The first-order valence-electron chi connectivity index (χ1n) is 11.4. The molecule has 164 valence electrons. The summed E-state index contributed by atoms with van der Waals surface area (Å²) >= 11 is 1.88. The maximum Gasteiger partial charge on any atom is 0.146 e. The number of ether oxygens (including phenoxy) is 2. The van der Waals surface area contributed by atoms with E-state index in [2.05, 4.69) is 9.80 Å². The molecule has 4 heterocycles. The van der Waals surface area contributed by atoms with Gasteiger partial charge in [0.25, 0.3) is 0 Å². The topological polar surface area (TPSA) is 71.0 Å². The maximum absolute atomic E-state index is 9.15. The van der Waals surface area contributed by atoms with Crippen LogP contribution in [-0.4, -0.2) is 78.7 Å². The Hall–Kier alpha value is -1.32. The van der Waals surface area contributed by atoms with Gasteiger partial charge in [0.1, 0.15) is 16.5 Å². The number of hydrogen-bond acceptors (Lipinski definition) is 8. The lowest BCUT2D eigenvalue weighted by molar-refractivity contribution is 0.0213. The van der Waals surface area contributed by atoms with Gasteiger partial charge in [-0.3, -0.25) is 4.90 Å². The zero-order valence-electron chi connectivity index (χ0n) is 17.6. The first kappa shape index (κ1) is 20.6. The highest BCUT2D eigenvalue weighted by molar-refractivity contribution is 7.19. The highest BCUT2D eigenvalue weighted by Crippen LogP contribution is 2.40. The predicted octanol–water partition coefficient (Wildman–Crippen LogP) is 2.38. The van der Waals surface area contributed by atoms with Crippen LogP contribution in [-0.2, 0) is 28.9 Å². The third-order valence-electron chi connectivity index (χ3n) is 6.43. The Morgan fingerprint density at radius 1 is 1.10 bits per heavy atom. The van der Waals surface area contributed by atoms with Crippen LogP contribution in [0.5, 0.6) is 0 Å². The second-order valence-corrected chi connectivity index (χ2v) is 9.63. The molecule has 1 aliphatic carbocycles. The number of fused-ring (bicyclic) bond motifs is 3. The van der Waals surface area contributed by atoms with Crippen LogP contribution in [0.4, 0.5) is 5.82 Å². The van der Waals surface area contributed by atoms with Crippen LogP contribution in [0.25, 0.3) is 10.2 Å². The number of anilines is 1. The Labute approximate surface area is 182 Å². The normalized spacial score (nSPS) is 23.1. The molecule has 0 radical (unpaired) electrons. The van der Waals surface area contributed by atoms with E-state index in [0.29, 0.717) is 6.61 Å². The second-order valence-electron chi connectivity index (χ2n) is 8.55. The molecule has 0 bridgehead atoms. The van der Waals surface area contributed by atoms with Crippen LogP contribution >= 0.6 is 11.3 Å². The van der Waals surface area contributed by atoms with Gasteiger partial charge >= 0.3 is 0 Å². The van der Waals surface area contributed by atoms with E-state index in [4.69, 9.17) is 24.5 Å². The van der Waals surface area contributed by atoms with Crippen molar-refractivity contribution in [1.82, 2.24) is 14.9 Å². The van der Waals surface area contributed by atoms with E-state index in [0.717, 1.165) is 81.7 Å². The molecule has 2 fully saturated rings. The largest absolute Gasteiger partial charge is 0.394 e. The zero-order valence-corrected chi connectivity index (χ0v) is 18.5. The predicted molar refractivity (Wildman–Crippen MR) is 118 cm³/mol. The molecular formula is C22H32N4O3S. The highest BCUT2D eigenvalue weighted by atomic mass is 32.1. The number of hydrogen-bond donors (Lipinski definition) is 1. The Balaban J connectivity index is 1.49. The van der Waals surface area contributed by atoms with Gasteiger partial charge in [-0.15, -0.1) is 11.3 Å². The van der Waals surface area contributed by atoms with E-state index in [1.807, 2.05) is 11.3 Å². The standard InChI is InChI=1S/C22H32N4O3S/c27-10-13-29-16-4-3-7-26(14-16)21-20-17-5-1-2-6-18(17)30-22(20)24-19(23-21)15-25-8-11-28-12-9-25/h16,27H,1-15H2. The smallest absolute Gasteiger partial charge is 0.146 e. The molecule has 1 atom stereocenters. The fourth-order valence-corrected chi connectivity index (χ4v) is 6.20. The summed E-state index contributed by atoms with van der Waals surface area (Å²) in [6.45, 7) is 6.59. The van der Waals surface area contributed by atoms with E-state index in [1.165, 1.54) is 35.1 Å². The fraction of sp³-hybridized carbons (Fsp3) is 0.727. The van der Waals surface area contributed by atoms with Gasteiger partial charge in [-0.05, 0) is 44.1 Å². The molecular weight excluding hydrogens is 400 g/mol. The summed E-state index contributed by atoms with van der Waals surface area (Å²) in [6.07, 6.45) is 7.16. The van der Waals surface area contributed by atoms with Crippen molar-refractivity contribution in [2.45, 2.75) is 51.2 Å². The zero-order chi connectivity index (χ0) is 20.3. The molecule has 1 N–H and O–H groups in total. The number of aliphatic hydroxyl groups excluding tert-OH is 1. The lowest BCUT2D eigenvalue weighted by Gasteiger charge is -2.34. The van der Waals surface area contributed by atoms with Crippen molar-refractivity contribution in [2.75, 3.05) is 57.5 Å². The van der Waals surface area contributed by atoms with Gasteiger partial charge in [-0.25, -0.2) is 9.97 Å². The Kier molecular flexibility index (Phi) is 6.48. The second kappa shape index (κ2) is 9.44. The summed E-state index contributed by atoms with van der Waals surface area (Å²) < 4.78 is 11.4. The van der Waals surface area contributed by atoms with Crippen molar-refractivity contribution in [1.29, 1.82) is 0 Å². The van der Waals surface area contributed by atoms with Gasteiger partial charge in [0.05, 0.1) is 44.5 Å². The van der Waals surface area contributed by atoms with E-state index in [1.54, 1.807) is 0 Å². The first-order valence-corrected chi connectivity index (χ1v) is 12.2. The molecule has 0 spiro atoms. The van der Waals surface area contributed by atoms with Crippen molar-refractivity contribution in [3.63, 3.8) is 0 Å². The molecule has 2 aromatic rings. The third-order valence-corrected chi connectivity index (χ3v) is 7.62. The molecule has 7 nitrogen and oxygen atoms in total. The van der Waals surface area contributed by atoms with Crippen molar-refractivity contribution >= 4 is 27.4 Å². The van der Waals surface area contributed by atoms with Crippen LogP contribution in [0.2, 0.25) is 0 Å². The molecule has 5 rings (SSSR count). The Morgan fingerprint density at radius 3 is 2.83 bits per heavy atom. The number of thiophene rings is 1. The maximum atomic E-state index is 9.15. The van der Waals surface area contributed by atoms with Crippen molar-refractivity contribution in [2.24, 2.45) is 0 Å². The number of nitrogens with zero attached hydrogens (tertiary/aromatic N) is 4. The first-order chi connectivity index (χ1) is 14.8. The lowest BCUT2D eigenvalue weighted by Crippen LogP contribution is -2.41. The summed E-state index contributed by atoms with van der Waals surface area (Å²) in [6, 6.07) is 0. The van der Waals surface area contributed by atoms with Crippen molar-refractivity contribution in [3.8, 4) is 0 Å². The minimum atomic E-state index is 0.0794. The van der Waals surface area contributed by atoms with Gasteiger partial charge in [-0.1, -0.05) is 0 Å². The number of aliphatic hydroxyl groups is 1. The summed E-state index contributed by atoms with van der Waals surface area (Å²) in [5, 5.41) is 10.4. The molecule has 0 amide bonds. The van der Waals surface area contributed by atoms with E-state index >= 15 is 0 Å². The fourth-order valence-electron chi connectivity index (χ4n) is 4.93. The number of morpholine rings is 1. The molecule has 3 aliphatic rings. The van der Waals surface area contributed by atoms with E-state index < -0.39 is 0 Å². The molecule has 2 saturated heterocycles. The highest BCUT2D eigenvalue weighted by Gasteiger charge is 2.28. The van der Waals surface area contributed by atoms with Crippen LogP contribution in [0, 0.1) is 0 Å². The van der Waals surface area contributed by atoms with Crippen LogP contribution in [0.15, 0.2) is 0 Å². The minimum Gasteiger partial charge on any atom is -0.394 e. The quantitative estimate of drug-likeness (QED) is 0.751. The Bertz CT molecular complexity index is 868. The number of piperidine rings is 1. The Morgan fingerprint density at radius 2 is 1.97 bits per heavy atom. The average molecular weight is 433 g/mol. The monoisotopic (exact) mass is 432 g/mol. The van der Waals surface area contributed by atoms with Crippen LogP contribution in [0.1, 0.15) is 41.9 Å². The SMILES string of the molecule is OCCOC1CCCN(c2nc(CN3CCOCC3)nc3sc4c(c23)CCCC4)C1. The number of aryl methyl sites for hydroxylation is 2.